The first-order valence-corrected chi connectivity index (χ1v) is 4.04. The van der Waals surface area contributed by atoms with E-state index in [2.05, 4.69) is 15.6 Å². The Bertz CT molecular complexity index is 398. The molecule has 1 aromatic heterocycles. The van der Waals surface area contributed by atoms with Gasteiger partial charge in [-0.3, -0.25) is 0 Å². The Balaban J connectivity index is 2.90. The van der Waals surface area contributed by atoms with E-state index in [1.165, 1.54) is 12.3 Å². The fraction of sp³-hybridized carbons (Fsp3) is 0.111. The largest absolute Gasteiger partial charge is 0.449 e. The lowest BCUT2D eigenvalue weighted by atomic mass is 10.2. The van der Waals surface area contributed by atoms with Crippen LogP contribution in [0.1, 0.15) is 10.4 Å². The van der Waals surface area contributed by atoms with Gasteiger partial charge in [0.25, 0.3) is 0 Å². The molecule has 14 heavy (non-hydrogen) atoms. The summed E-state index contributed by atoms with van der Waals surface area (Å²) in [6.07, 6.45) is 6.21. The van der Waals surface area contributed by atoms with Crippen molar-refractivity contribution in [3.05, 3.63) is 23.0 Å². The average Bonchev–Trinajstić information content (AvgIpc) is 2.18. The molecule has 5 heteroatoms. The molecule has 0 fully saturated rings. The van der Waals surface area contributed by atoms with Gasteiger partial charge < -0.3 is 10.5 Å². The molecule has 0 aliphatic carbocycles. The monoisotopic (exact) mass is 210 g/mol. The molecule has 1 heterocycles. The van der Waals surface area contributed by atoms with Gasteiger partial charge in [0.15, 0.2) is 6.61 Å². The molecule has 0 saturated carbocycles. The Morgan fingerprint density at radius 2 is 2.50 bits per heavy atom. The highest BCUT2D eigenvalue weighted by Gasteiger charge is 2.11. The number of nitrogens with zero attached hydrogens (tertiary/aromatic N) is 1. The lowest BCUT2D eigenvalue weighted by Gasteiger charge is -2.03. The quantitative estimate of drug-likeness (QED) is 0.451. The highest BCUT2D eigenvalue weighted by Crippen LogP contribution is 2.15. The smallest absolute Gasteiger partial charge is 0.341 e. The number of carbonyl (C=O) groups is 1. The van der Waals surface area contributed by atoms with Crippen LogP contribution in [0.25, 0.3) is 0 Å². The Labute approximate surface area is 86.0 Å². The SMILES string of the molecule is C#CCOC(=O)c1cc(Cl)ncc1N. The van der Waals surface area contributed by atoms with Gasteiger partial charge >= 0.3 is 5.97 Å². The molecule has 0 amide bonds. The standard InChI is InChI=1S/C9H7ClN2O2/c1-2-3-14-9(13)6-4-8(10)12-5-7(6)11/h1,4-5H,3,11H2. The third kappa shape index (κ3) is 2.38. The number of nitrogen functional groups attached to an aromatic ring is 1. The van der Waals surface area contributed by atoms with Gasteiger partial charge in [0.05, 0.1) is 17.4 Å². The predicted octanol–water partition coefficient (Wildman–Crippen LogP) is 1.11. The summed E-state index contributed by atoms with van der Waals surface area (Å²) in [7, 11) is 0. The zero-order valence-electron chi connectivity index (χ0n) is 7.16. The molecule has 0 aromatic carbocycles. The number of ether oxygens (including phenoxy) is 1. The van der Waals surface area contributed by atoms with E-state index in [0.717, 1.165) is 0 Å². The van der Waals surface area contributed by atoms with Crippen molar-refractivity contribution in [2.75, 3.05) is 12.3 Å². The maximum absolute atomic E-state index is 11.3. The van der Waals surface area contributed by atoms with E-state index < -0.39 is 5.97 Å². The van der Waals surface area contributed by atoms with E-state index in [0.29, 0.717) is 0 Å². The Hall–Kier alpha value is -1.73. The first-order chi connectivity index (χ1) is 6.65. The molecule has 0 aliphatic heterocycles. The normalized spacial score (nSPS) is 9.14. The van der Waals surface area contributed by atoms with E-state index in [4.69, 9.17) is 23.8 Å². The number of esters is 1. The van der Waals surface area contributed by atoms with E-state index >= 15 is 0 Å². The summed E-state index contributed by atoms with van der Waals surface area (Å²) in [5.41, 5.74) is 5.86. The van der Waals surface area contributed by atoms with Crippen molar-refractivity contribution in [3.63, 3.8) is 0 Å². The van der Waals surface area contributed by atoms with Crippen LogP contribution < -0.4 is 5.73 Å². The zero-order valence-corrected chi connectivity index (χ0v) is 7.91. The van der Waals surface area contributed by atoms with Crippen molar-refractivity contribution in [2.24, 2.45) is 0 Å². The number of hydrogen-bond donors (Lipinski definition) is 1. The van der Waals surface area contributed by atoms with Gasteiger partial charge in [-0.15, -0.1) is 6.42 Å². The average molecular weight is 211 g/mol. The minimum atomic E-state index is -0.607. The number of halogens is 1. The Morgan fingerprint density at radius 3 is 3.14 bits per heavy atom. The van der Waals surface area contributed by atoms with Crippen LogP contribution in [0.4, 0.5) is 5.69 Å². The van der Waals surface area contributed by atoms with Crippen LogP contribution in [-0.2, 0) is 4.74 Å². The lowest BCUT2D eigenvalue weighted by molar-refractivity contribution is 0.0558. The van der Waals surface area contributed by atoms with Crippen LogP contribution in [-0.4, -0.2) is 17.6 Å². The molecule has 0 spiro atoms. The van der Waals surface area contributed by atoms with Gasteiger partial charge in [0.1, 0.15) is 5.15 Å². The lowest BCUT2D eigenvalue weighted by Crippen LogP contribution is -2.08. The number of terminal acetylenes is 1. The number of rotatable bonds is 2. The molecule has 0 unspecified atom stereocenters. The number of carbonyl (C=O) groups excluding carboxylic acids is 1. The van der Waals surface area contributed by atoms with Crippen molar-refractivity contribution in [2.45, 2.75) is 0 Å². The minimum absolute atomic E-state index is 0.0990. The summed E-state index contributed by atoms with van der Waals surface area (Å²) in [6.45, 7) is -0.0990. The molecule has 0 atom stereocenters. The van der Waals surface area contributed by atoms with Gasteiger partial charge in [-0.25, -0.2) is 9.78 Å². The third-order valence-corrected chi connectivity index (χ3v) is 1.61. The first kappa shape index (κ1) is 10.4. The number of nitrogens with two attached hydrogens (primary N) is 1. The van der Waals surface area contributed by atoms with E-state index in [-0.39, 0.29) is 23.0 Å². The highest BCUT2D eigenvalue weighted by molar-refractivity contribution is 6.29. The number of aromatic nitrogens is 1. The summed E-state index contributed by atoms with van der Waals surface area (Å²) in [6, 6.07) is 1.33. The number of hydrogen-bond acceptors (Lipinski definition) is 4. The van der Waals surface area contributed by atoms with Crippen LogP contribution in [0.15, 0.2) is 12.3 Å². The predicted molar refractivity (Wildman–Crippen MR) is 52.8 cm³/mol. The van der Waals surface area contributed by atoms with Crippen LogP contribution in [0.2, 0.25) is 5.15 Å². The Kier molecular flexibility index (Phi) is 3.32. The minimum Gasteiger partial charge on any atom is -0.449 e. The topological polar surface area (TPSA) is 65.2 Å². The second-order valence-corrected chi connectivity index (χ2v) is 2.76. The highest BCUT2D eigenvalue weighted by atomic mass is 35.5. The van der Waals surface area contributed by atoms with Crippen molar-refractivity contribution >= 4 is 23.3 Å². The van der Waals surface area contributed by atoms with Crippen LogP contribution >= 0.6 is 11.6 Å². The molecular formula is C9H7ClN2O2. The number of anilines is 1. The fourth-order valence-electron chi connectivity index (χ4n) is 0.802. The summed E-state index contributed by atoms with van der Waals surface area (Å²) >= 11 is 5.58. The molecule has 1 rings (SSSR count). The first-order valence-electron chi connectivity index (χ1n) is 3.66. The van der Waals surface area contributed by atoms with Crippen LogP contribution in [0, 0.1) is 12.3 Å². The van der Waals surface area contributed by atoms with Gasteiger partial charge in [0.2, 0.25) is 0 Å². The maximum Gasteiger partial charge on any atom is 0.341 e. The molecule has 0 bridgehead atoms. The molecule has 0 aliphatic rings. The summed E-state index contributed by atoms with van der Waals surface area (Å²) < 4.78 is 4.67. The molecule has 0 saturated heterocycles. The van der Waals surface area contributed by atoms with Crippen molar-refractivity contribution in [1.82, 2.24) is 4.98 Å². The molecule has 2 N–H and O–H groups in total. The second kappa shape index (κ2) is 4.49. The van der Waals surface area contributed by atoms with Crippen molar-refractivity contribution in [3.8, 4) is 12.3 Å². The molecule has 0 radical (unpaired) electrons. The Morgan fingerprint density at radius 1 is 1.79 bits per heavy atom. The van der Waals surface area contributed by atoms with E-state index in [9.17, 15) is 4.79 Å². The van der Waals surface area contributed by atoms with Crippen molar-refractivity contribution < 1.29 is 9.53 Å². The van der Waals surface area contributed by atoms with Gasteiger partial charge in [-0.2, -0.15) is 0 Å². The van der Waals surface area contributed by atoms with Gasteiger partial charge in [-0.05, 0) is 6.07 Å². The molecule has 4 nitrogen and oxygen atoms in total. The summed E-state index contributed by atoms with van der Waals surface area (Å²) in [5.74, 6) is 1.56. The van der Waals surface area contributed by atoms with Gasteiger partial charge in [0, 0.05) is 0 Å². The van der Waals surface area contributed by atoms with Crippen LogP contribution in [0.5, 0.6) is 0 Å². The summed E-state index contributed by atoms with van der Waals surface area (Å²) in [5, 5.41) is 0.173. The molecule has 72 valence electrons. The van der Waals surface area contributed by atoms with Crippen molar-refractivity contribution in [1.29, 1.82) is 0 Å². The maximum atomic E-state index is 11.3. The fourth-order valence-corrected chi connectivity index (χ4v) is 0.960. The number of pyridine rings is 1. The zero-order chi connectivity index (χ0) is 10.6. The van der Waals surface area contributed by atoms with E-state index in [1.54, 1.807) is 0 Å². The second-order valence-electron chi connectivity index (χ2n) is 2.37. The van der Waals surface area contributed by atoms with Crippen LogP contribution in [0.3, 0.4) is 0 Å². The third-order valence-electron chi connectivity index (χ3n) is 1.41. The van der Waals surface area contributed by atoms with Gasteiger partial charge in [-0.1, -0.05) is 17.5 Å². The molecular weight excluding hydrogens is 204 g/mol. The summed E-state index contributed by atoms with van der Waals surface area (Å²) in [4.78, 5) is 15.0. The van der Waals surface area contributed by atoms with E-state index in [1.807, 2.05) is 0 Å². The molecule has 1 aromatic rings.